The van der Waals surface area contributed by atoms with Gasteiger partial charge in [0.1, 0.15) is 4.75 Å². The van der Waals surface area contributed by atoms with Crippen LogP contribution in [0.1, 0.15) is 23.2 Å². The average Bonchev–Trinajstić information content (AvgIpc) is 3.36. The fourth-order valence-corrected chi connectivity index (χ4v) is 5.25. The van der Waals surface area contributed by atoms with E-state index >= 15 is 0 Å². The molecule has 0 aromatic heterocycles. The van der Waals surface area contributed by atoms with Gasteiger partial charge in [0.15, 0.2) is 10.6 Å². The predicted molar refractivity (Wildman–Crippen MR) is 94.6 cm³/mol. The summed E-state index contributed by atoms with van der Waals surface area (Å²) in [6.07, 6.45) is 1.68. The molecule has 7 heteroatoms. The van der Waals surface area contributed by atoms with Gasteiger partial charge < -0.3 is 9.66 Å². The highest BCUT2D eigenvalue weighted by Crippen LogP contribution is 2.53. The number of hydrogen-bond acceptors (Lipinski definition) is 3. The molecule has 1 aliphatic heterocycles. The van der Waals surface area contributed by atoms with Crippen molar-refractivity contribution in [3.63, 3.8) is 0 Å². The van der Waals surface area contributed by atoms with Crippen molar-refractivity contribution < 1.29 is 14.5 Å². The van der Waals surface area contributed by atoms with E-state index in [1.807, 2.05) is 18.2 Å². The first-order valence-electron chi connectivity index (χ1n) is 7.44. The summed E-state index contributed by atoms with van der Waals surface area (Å²) in [6.45, 7) is 0.408. The van der Waals surface area contributed by atoms with Crippen molar-refractivity contribution in [2.24, 2.45) is 0 Å². The van der Waals surface area contributed by atoms with E-state index in [-0.39, 0.29) is 26.4 Å². The average molecular weight is 382 g/mol. The Labute approximate surface area is 152 Å². The molecule has 4 rings (SSSR count). The van der Waals surface area contributed by atoms with E-state index in [4.69, 9.17) is 23.2 Å². The zero-order valence-corrected chi connectivity index (χ0v) is 14.8. The van der Waals surface area contributed by atoms with Crippen molar-refractivity contribution in [1.29, 1.82) is 0 Å². The van der Waals surface area contributed by atoms with Crippen LogP contribution in [0, 0.1) is 0 Å². The van der Waals surface area contributed by atoms with Gasteiger partial charge in [-0.2, -0.15) is 0 Å². The van der Waals surface area contributed by atoms with E-state index in [1.54, 1.807) is 11.0 Å². The number of carbonyl (C=O) groups is 1. The lowest BCUT2D eigenvalue weighted by Crippen LogP contribution is -2.47. The number of amides is 1. The Morgan fingerprint density at radius 3 is 2.46 bits per heavy atom. The molecule has 1 atom stereocenters. The molecule has 1 amide bonds. The van der Waals surface area contributed by atoms with Gasteiger partial charge in [-0.05, 0) is 35.4 Å². The quantitative estimate of drug-likeness (QED) is 0.759. The SMILES string of the molecule is O=C(c1cc(Cl)c(O)c(Cl)c1)N1CC2(CC2)[S+]([O-])c2ccccc21. The number of aromatic hydroxyl groups is 1. The normalized spacial score (nSPS) is 20.8. The second-order valence-electron chi connectivity index (χ2n) is 6.10. The van der Waals surface area contributed by atoms with E-state index in [1.165, 1.54) is 12.1 Å². The molecule has 0 saturated heterocycles. The summed E-state index contributed by atoms with van der Waals surface area (Å²) in [5, 5.41) is 9.74. The Hall–Kier alpha value is -1.40. The van der Waals surface area contributed by atoms with E-state index in [0.717, 1.165) is 12.8 Å². The van der Waals surface area contributed by atoms with Gasteiger partial charge in [0.05, 0.1) is 22.3 Å². The van der Waals surface area contributed by atoms with Crippen LogP contribution in [0.15, 0.2) is 41.3 Å². The lowest BCUT2D eigenvalue weighted by atomic mass is 10.1. The smallest absolute Gasteiger partial charge is 0.258 e. The predicted octanol–water partition coefficient (Wildman–Crippen LogP) is 4.00. The molecule has 2 aliphatic rings. The largest absolute Gasteiger partial charge is 0.611 e. The van der Waals surface area contributed by atoms with Crippen molar-refractivity contribution >= 4 is 46.0 Å². The van der Waals surface area contributed by atoms with Gasteiger partial charge in [0.25, 0.3) is 5.91 Å². The summed E-state index contributed by atoms with van der Waals surface area (Å²) in [7, 11) is 0. The first-order valence-corrected chi connectivity index (χ1v) is 9.34. The number of nitrogens with zero attached hydrogens (tertiary/aromatic N) is 1. The molecular weight excluding hydrogens is 369 g/mol. The van der Waals surface area contributed by atoms with Crippen molar-refractivity contribution in [3.8, 4) is 5.75 Å². The van der Waals surface area contributed by atoms with Gasteiger partial charge in [-0.15, -0.1) is 0 Å². The minimum atomic E-state index is -1.11. The molecule has 0 radical (unpaired) electrons. The maximum Gasteiger partial charge on any atom is 0.258 e. The monoisotopic (exact) mass is 381 g/mol. The highest BCUT2D eigenvalue weighted by Gasteiger charge is 2.60. The molecule has 1 fully saturated rings. The molecular formula is C17H13Cl2NO3S. The Kier molecular flexibility index (Phi) is 3.73. The van der Waals surface area contributed by atoms with Crippen molar-refractivity contribution in [3.05, 3.63) is 52.0 Å². The summed E-state index contributed by atoms with van der Waals surface area (Å²) in [5.74, 6) is -0.511. The molecule has 1 heterocycles. The fraction of sp³-hybridized carbons (Fsp3) is 0.235. The number of benzene rings is 2. The maximum absolute atomic E-state index is 13.0. The number of hydrogen-bond donors (Lipinski definition) is 1. The van der Waals surface area contributed by atoms with Gasteiger partial charge in [-0.25, -0.2) is 0 Å². The van der Waals surface area contributed by atoms with E-state index in [0.29, 0.717) is 22.7 Å². The number of fused-ring (bicyclic) bond motifs is 1. The third kappa shape index (κ3) is 2.39. The molecule has 0 bridgehead atoms. The second-order valence-corrected chi connectivity index (χ2v) is 8.76. The van der Waals surface area contributed by atoms with E-state index in [9.17, 15) is 14.5 Å². The number of phenols is 1. The van der Waals surface area contributed by atoms with Gasteiger partial charge >= 0.3 is 0 Å². The van der Waals surface area contributed by atoms with Crippen LogP contribution in [0.2, 0.25) is 10.0 Å². The lowest BCUT2D eigenvalue weighted by molar-refractivity contribution is 0.0985. The summed E-state index contributed by atoms with van der Waals surface area (Å²) in [4.78, 5) is 15.4. The van der Waals surface area contributed by atoms with Gasteiger partial charge in [-0.1, -0.05) is 35.3 Å². The Morgan fingerprint density at radius 2 is 1.83 bits per heavy atom. The standard InChI is InChI=1S/C17H13Cl2NO3S/c18-11-7-10(8-12(19)15(11)21)16(22)20-9-17(5-6-17)24(23)14-4-2-1-3-13(14)20/h1-4,7-8,21H,5-6,9H2. The minimum Gasteiger partial charge on any atom is -0.611 e. The number of phenolic OH excluding ortho intramolecular Hbond substituents is 1. The number of carbonyl (C=O) groups excluding carboxylic acids is 1. The van der Waals surface area contributed by atoms with Crippen LogP contribution in [0.25, 0.3) is 0 Å². The molecule has 124 valence electrons. The summed E-state index contributed by atoms with van der Waals surface area (Å²) in [5.41, 5.74) is 0.944. The molecule has 1 N–H and O–H groups in total. The molecule has 4 nitrogen and oxygen atoms in total. The third-order valence-electron chi connectivity index (χ3n) is 4.51. The molecule has 1 spiro atoms. The van der Waals surface area contributed by atoms with Crippen LogP contribution in [0.3, 0.4) is 0 Å². The van der Waals surface area contributed by atoms with Crippen LogP contribution in [-0.4, -0.2) is 26.9 Å². The van der Waals surface area contributed by atoms with Crippen molar-refractivity contribution in [1.82, 2.24) is 0 Å². The highest BCUT2D eigenvalue weighted by atomic mass is 35.5. The maximum atomic E-state index is 13.0. The zero-order valence-electron chi connectivity index (χ0n) is 12.5. The molecule has 1 aliphatic carbocycles. The van der Waals surface area contributed by atoms with Crippen LogP contribution in [0.5, 0.6) is 5.75 Å². The highest BCUT2D eigenvalue weighted by molar-refractivity contribution is 7.93. The van der Waals surface area contributed by atoms with E-state index in [2.05, 4.69) is 0 Å². The summed E-state index contributed by atoms with van der Waals surface area (Å²) >= 11 is 10.8. The summed E-state index contributed by atoms with van der Waals surface area (Å²) in [6, 6.07) is 10.1. The molecule has 2 aromatic carbocycles. The van der Waals surface area contributed by atoms with Crippen molar-refractivity contribution in [2.75, 3.05) is 11.4 Å². The third-order valence-corrected chi connectivity index (χ3v) is 7.16. The topological polar surface area (TPSA) is 63.6 Å². The number of halogens is 2. The summed E-state index contributed by atoms with van der Waals surface area (Å²) < 4.78 is 12.4. The lowest BCUT2D eigenvalue weighted by Gasteiger charge is -2.35. The first-order chi connectivity index (χ1) is 11.4. The number of para-hydroxylation sites is 1. The Balaban J connectivity index is 1.79. The van der Waals surface area contributed by atoms with Gasteiger partial charge in [0.2, 0.25) is 0 Å². The minimum absolute atomic E-state index is 0.0286. The molecule has 1 saturated carbocycles. The number of rotatable bonds is 1. The van der Waals surface area contributed by atoms with Gasteiger partial charge in [0, 0.05) is 18.4 Å². The fourth-order valence-electron chi connectivity index (χ4n) is 3.01. The molecule has 24 heavy (non-hydrogen) atoms. The van der Waals surface area contributed by atoms with Crippen LogP contribution in [0.4, 0.5) is 5.69 Å². The van der Waals surface area contributed by atoms with Crippen LogP contribution >= 0.6 is 23.2 Å². The van der Waals surface area contributed by atoms with Crippen LogP contribution in [-0.2, 0) is 11.2 Å². The van der Waals surface area contributed by atoms with Gasteiger partial charge in [-0.3, -0.25) is 9.69 Å². The number of anilines is 1. The molecule has 2 aromatic rings. The van der Waals surface area contributed by atoms with Crippen LogP contribution < -0.4 is 4.90 Å². The first kappa shape index (κ1) is 16.1. The second kappa shape index (κ2) is 5.56. The Bertz CT molecular complexity index is 830. The zero-order chi connectivity index (χ0) is 17.1. The Morgan fingerprint density at radius 1 is 1.21 bits per heavy atom. The van der Waals surface area contributed by atoms with Crippen molar-refractivity contribution in [2.45, 2.75) is 22.5 Å². The molecule has 1 unspecified atom stereocenters. The van der Waals surface area contributed by atoms with E-state index < -0.39 is 11.2 Å².